The first kappa shape index (κ1) is 24.5. The second kappa shape index (κ2) is 10.3. The maximum atomic E-state index is 12.6. The Labute approximate surface area is 203 Å². The smallest absolute Gasteiger partial charge is 0.339 e. The summed E-state index contributed by atoms with van der Waals surface area (Å²) < 4.78 is 12.8. The lowest BCUT2D eigenvalue weighted by atomic mass is 10.1. The number of aromatic carboxylic acids is 1. The van der Waals surface area contributed by atoms with Crippen LogP contribution < -0.4 is 5.32 Å². The molecule has 0 aliphatic carbocycles. The normalized spacial score (nSPS) is 15.0. The van der Waals surface area contributed by atoms with Crippen LogP contribution in [0.5, 0.6) is 0 Å². The predicted molar refractivity (Wildman–Crippen MR) is 133 cm³/mol. The Morgan fingerprint density at radius 3 is 2.76 bits per heavy atom. The molecular weight excluding hydrogens is 472 g/mol. The average molecular weight is 503 g/mol. The van der Waals surface area contributed by atoms with E-state index in [1.165, 1.54) is 17.5 Å². The predicted octanol–water partition coefficient (Wildman–Crippen LogP) is 4.08. The van der Waals surface area contributed by atoms with E-state index in [2.05, 4.69) is 34.9 Å². The number of aromatic nitrogens is 3. The van der Waals surface area contributed by atoms with Crippen molar-refractivity contribution < 1.29 is 24.2 Å². The molecule has 0 unspecified atom stereocenters. The minimum Gasteiger partial charge on any atom is -0.478 e. The van der Waals surface area contributed by atoms with Crippen molar-refractivity contribution in [3.63, 3.8) is 0 Å². The maximum Gasteiger partial charge on any atom is 0.339 e. The lowest BCUT2D eigenvalue weighted by Crippen LogP contribution is -2.38. The Morgan fingerprint density at radius 1 is 1.29 bits per heavy atom. The Hall–Kier alpha value is -2.60. The van der Waals surface area contributed by atoms with Crippen LogP contribution in [0.3, 0.4) is 0 Å². The summed E-state index contributed by atoms with van der Waals surface area (Å²) in [6.45, 7) is 9.00. The molecule has 1 fully saturated rings. The molecule has 182 valence electrons. The number of nitrogens with zero attached hydrogens (tertiary/aromatic N) is 3. The van der Waals surface area contributed by atoms with Crippen LogP contribution in [0.15, 0.2) is 24.5 Å². The van der Waals surface area contributed by atoms with Crippen LogP contribution in [0.1, 0.15) is 32.9 Å². The topological polar surface area (TPSA) is 116 Å². The molecule has 0 spiro atoms. The van der Waals surface area contributed by atoms with Crippen molar-refractivity contribution in [2.75, 3.05) is 19.8 Å². The lowest BCUT2D eigenvalue weighted by molar-refractivity contribution is 0.0688. The van der Waals surface area contributed by atoms with Crippen molar-refractivity contribution in [1.29, 1.82) is 0 Å². The Bertz CT molecular complexity index is 1180. The fourth-order valence-corrected chi connectivity index (χ4v) is 5.28. The zero-order chi connectivity index (χ0) is 24.3. The number of rotatable bonds is 9. The first-order chi connectivity index (χ1) is 16.2. The van der Waals surface area contributed by atoms with Gasteiger partial charge >= 0.3 is 5.97 Å². The van der Waals surface area contributed by atoms with Crippen LogP contribution in [0.2, 0.25) is 25.7 Å². The van der Waals surface area contributed by atoms with Gasteiger partial charge in [0, 0.05) is 40.1 Å². The number of carbonyl (C=O) groups excluding carboxylic acids is 1. The molecular formula is C23H30N4O5SSi. The Kier molecular flexibility index (Phi) is 7.46. The average Bonchev–Trinajstić information content (AvgIpc) is 3.42. The summed E-state index contributed by atoms with van der Waals surface area (Å²) in [6.07, 6.45) is 4.75. The van der Waals surface area contributed by atoms with Crippen LogP contribution in [0.25, 0.3) is 21.7 Å². The summed E-state index contributed by atoms with van der Waals surface area (Å²) in [5, 5.41) is 12.7. The number of carbonyl (C=O) groups is 2. The van der Waals surface area contributed by atoms with Gasteiger partial charge in [-0.15, -0.1) is 11.3 Å². The van der Waals surface area contributed by atoms with E-state index in [1.807, 2.05) is 6.07 Å². The van der Waals surface area contributed by atoms with E-state index in [1.54, 1.807) is 16.8 Å². The van der Waals surface area contributed by atoms with E-state index in [0.29, 0.717) is 41.6 Å². The zero-order valence-electron chi connectivity index (χ0n) is 19.7. The standard InChI is InChI=1S/C23H30N4O5SSi/c1-34(2,3)11-10-32-14-27-13-16(23(29)30)20-21(27)24-12-17(26-20)18-4-5-19(33-18)22(28)25-15-6-8-31-9-7-15/h4-5,12-13,15H,6-11,14H2,1-3H3,(H,25,28)(H,29,30). The minimum atomic E-state index is -1.22. The molecule has 11 heteroatoms. The molecule has 0 atom stereocenters. The summed E-state index contributed by atoms with van der Waals surface area (Å²) in [6, 6.07) is 4.72. The third-order valence-electron chi connectivity index (χ3n) is 5.66. The van der Waals surface area contributed by atoms with Gasteiger partial charge in [0.1, 0.15) is 17.8 Å². The number of thiophene rings is 1. The second-order valence-electron chi connectivity index (χ2n) is 9.62. The Balaban J connectivity index is 1.52. The molecule has 1 amide bonds. The summed E-state index contributed by atoms with van der Waals surface area (Å²) in [5.41, 5.74) is 1.37. The van der Waals surface area contributed by atoms with Crippen molar-refractivity contribution in [3.8, 4) is 10.6 Å². The lowest BCUT2D eigenvalue weighted by Gasteiger charge is -2.22. The quantitative estimate of drug-likeness (QED) is 0.335. The van der Waals surface area contributed by atoms with E-state index in [0.717, 1.165) is 23.8 Å². The van der Waals surface area contributed by atoms with Gasteiger partial charge in [0.05, 0.1) is 21.6 Å². The molecule has 9 nitrogen and oxygen atoms in total. The highest BCUT2D eigenvalue weighted by atomic mass is 32.1. The van der Waals surface area contributed by atoms with Crippen molar-refractivity contribution >= 4 is 42.5 Å². The molecule has 0 saturated carbocycles. The van der Waals surface area contributed by atoms with Gasteiger partial charge in [-0.3, -0.25) is 4.79 Å². The second-order valence-corrected chi connectivity index (χ2v) is 16.3. The first-order valence-corrected chi connectivity index (χ1v) is 15.9. The van der Waals surface area contributed by atoms with Gasteiger partial charge in [0.25, 0.3) is 5.91 Å². The van der Waals surface area contributed by atoms with Crippen LogP contribution in [-0.4, -0.2) is 65.5 Å². The molecule has 34 heavy (non-hydrogen) atoms. The van der Waals surface area contributed by atoms with Crippen LogP contribution >= 0.6 is 11.3 Å². The van der Waals surface area contributed by atoms with Gasteiger partial charge in [-0.05, 0) is 31.0 Å². The molecule has 4 rings (SSSR count). The molecule has 3 aromatic rings. The van der Waals surface area contributed by atoms with Gasteiger partial charge in [-0.1, -0.05) is 19.6 Å². The maximum absolute atomic E-state index is 12.6. The molecule has 0 bridgehead atoms. The summed E-state index contributed by atoms with van der Waals surface area (Å²) in [5.74, 6) is -1.19. The van der Waals surface area contributed by atoms with Crippen molar-refractivity contribution in [3.05, 3.63) is 35.0 Å². The third-order valence-corrected chi connectivity index (χ3v) is 8.47. The fourth-order valence-electron chi connectivity index (χ4n) is 3.66. The Morgan fingerprint density at radius 2 is 2.06 bits per heavy atom. The number of hydrogen-bond donors (Lipinski definition) is 2. The SMILES string of the molecule is C[Si](C)(C)CCOCn1cc(C(=O)O)c2nc(-c3ccc(C(=O)NC4CCOCC4)s3)cnc21. The van der Waals surface area contributed by atoms with E-state index >= 15 is 0 Å². The summed E-state index contributed by atoms with van der Waals surface area (Å²) >= 11 is 1.31. The number of fused-ring (bicyclic) bond motifs is 1. The highest BCUT2D eigenvalue weighted by Gasteiger charge is 2.21. The molecule has 2 N–H and O–H groups in total. The van der Waals surface area contributed by atoms with Gasteiger partial charge < -0.3 is 24.5 Å². The number of carboxylic acids is 1. The van der Waals surface area contributed by atoms with E-state index in [9.17, 15) is 14.7 Å². The van der Waals surface area contributed by atoms with Gasteiger partial charge in [0.2, 0.25) is 0 Å². The van der Waals surface area contributed by atoms with Crippen LogP contribution in [0.4, 0.5) is 0 Å². The van der Waals surface area contributed by atoms with Crippen LogP contribution in [0, 0.1) is 0 Å². The number of amides is 1. The van der Waals surface area contributed by atoms with E-state index in [-0.39, 0.29) is 24.2 Å². The first-order valence-electron chi connectivity index (χ1n) is 11.4. The van der Waals surface area contributed by atoms with Crippen molar-refractivity contribution in [2.45, 2.75) is 51.3 Å². The zero-order valence-corrected chi connectivity index (χ0v) is 21.5. The fraction of sp³-hybridized carbons (Fsp3) is 0.478. The molecule has 1 aliphatic heterocycles. The summed E-state index contributed by atoms with van der Waals surface area (Å²) in [7, 11) is -1.22. The third kappa shape index (κ3) is 5.90. The van der Waals surface area contributed by atoms with Crippen LogP contribution in [-0.2, 0) is 16.2 Å². The molecule has 3 aromatic heterocycles. The summed E-state index contributed by atoms with van der Waals surface area (Å²) in [4.78, 5) is 34.9. The molecule has 0 aromatic carbocycles. The number of carboxylic acid groups (broad SMARTS) is 1. The van der Waals surface area contributed by atoms with Gasteiger partial charge in [-0.25, -0.2) is 14.8 Å². The highest BCUT2D eigenvalue weighted by Crippen LogP contribution is 2.29. The largest absolute Gasteiger partial charge is 0.478 e. The molecule has 0 radical (unpaired) electrons. The number of hydrogen-bond acceptors (Lipinski definition) is 7. The highest BCUT2D eigenvalue weighted by molar-refractivity contribution is 7.17. The van der Waals surface area contributed by atoms with Crippen molar-refractivity contribution in [1.82, 2.24) is 19.9 Å². The van der Waals surface area contributed by atoms with Gasteiger partial charge in [0.15, 0.2) is 5.65 Å². The molecule has 1 aliphatic rings. The number of nitrogens with one attached hydrogen (secondary N) is 1. The van der Waals surface area contributed by atoms with E-state index < -0.39 is 14.0 Å². The monoisotopic (exact) mass is 502 g/mol. The van der Waals surface area contributed by atoms with E-state index in [4.69, 9.17) is 9.47 Å². The number of ether oxygens (including phenoxy) is 2. The van der Waals surface area contributed by atoms with Gasteiger partial charge in [-0.2, -0.15) is 0 Å². The van der Waals surface area contributed by atoms with Crippen molar-refractivity contribution in [2.24, 2.45) is 0 Å². The molecule has 1 saturated heterocycles. The minimum absolute atomic E-state index is 0.0761. The molecule has 4 heterocycles.